The third kappa shape index (κ3) is 5.75. The van der Waals surface area contributed by atoms with Gasteiger partial charge < -0.3 is 15.1 Å². The number of hydrogen-bond donors (Lipinski definition) is 2. The standard InChI is InChI=1S/C17H17N3O5S/c18-8-9-19-16(21)14(20-17(22)15-7-4-10-25-15)12-26(23,24)11-13-5-2-1-3-6-13/h1-7,10,14H,9,11-12H2,(H,19,21)(H,20,22). The quantitative estimate of drug-likeness (QED) is 0.651. The molecule has 2 aromatic rings. The number of nitriles is 1. The fourth-order valence-corrected chi connectivity index (χ4v) is 3.77. The van der Waals surface area contributed by atoms with Crippen LogP contribution in [0, 0.1) is 11.3 Å². The van der Waals surface area contributed by atoms with Gasteiger partial charge in [0.15, 0.2) is 15.6 Å². The number of nitrogens with zero attached hydrogens (tertiary/aromatic N) is 1. The lowest BCUT2D eigenvalue weighted by molar-refractivity contribution is -0.122. The first-order chi connectivity index (χ1) is 12.4. The molecule has 0 spiro atoms. The number of benzene rings is 1. The topological polar surface area (TPSA) is 129 Å². The third-order valence-electron chi connectivity index (χ3n) is 3.36. The van der Waals surface area contributed by atoms with Crippen LogP contribution in [-0.4, -0.2) is 38.6 Å². The van der Waals surface area contributed by atoms with Crippen LogP contribution >= 0.6 is 0 Å². The van der Waals surface area contributed by atoms with E-state index in [9.17, 15) is 18.0 Å². The van der Waals surface area contributed by atoms with Crippen molar-refractivity contribution >= 4 is 21.7 Å². The van der Waals surface area contributed by atoms with Crippen molar-refractivity contribution in [2.24, 2.45) is 0 Å². The molecule has 1 heterocycles. The highest BCUT2D eigenvalue weighted by Crippen LogP contribution is 2.08. The van der Waals surface area contributed by atoms with E-state index in [1.807, 2.05) is 0 Å². The zero-order chi connectivity index (χ0) is 19.0. The minimum absolute atomic E-state index is 0.0523. The van der Waals surface area contributed by atoms with Gasteiger partial charge in [-0.05, 0) is 17.7 Å². The van der Waals surface area contributed by atoms with Crippen LogP contribution in [0.5, 0.6) is 0 Å². The number of hydrogen-bond acceptors (Lipinski definition) is 6. The molecular formula is C17H17N3O5S. The molecule has 9 heteroatoms. The fourth-order valence-electron chi connectivity index (χ4n) is 2.21. The molecule has 0 radical (unpaired) electrons. The molecule has 2 amide bonds. The maximum absolute atomic E-state index is 12.4. The summed E-state index contributed by atoms with van der Waals surface area (Å²) in [6.45, 7) is -0.301. The van der Waals surface area contributed by atoms with Crippen molar-refractivity contribution in [2.45, 2.75) is 11.8 Å². The average Bonchev–Trinajstić information content (AvgIpc) is 3.14. The number of carbonyl (C=O) groups is 2. The van der Waals surface area contributed by atoms with Gasteiger partial charge in [0, 0.05) is 0 Å². The zero-order valence-corrected chi connectivity index (χ0v) is 14.5. The summed E-state index contributed by atoms with van der Waals surface area (Å²) in [5, 5.41) is 13.2. The molecule has 0 bridgehead atoms. The largest absolute Gasteiger partial charge is 0.459 e. The van der Waals surface area contributed by atoms with E-state index in [4.69, 9.17) is 9.68 Å². The highest BCUT2D eigenvalue weighted by Gasteiger charge is 2.28. The van der Waals surface area contributed by atoms with Gasteiger partial charge in [-0.15, -0.1) is 0 Å². The van der Waals surface area contributed by atoms with Gasteiger partial charge in [0.25, 0.3) is 5.91 Å². The summed E-state index contributed by atoms with van der Waals surface area (Å²) in [5.41, 5.74) is 0.570. The molecule has 1 atom stereocenters. The molecule has 0 aliphatic carbocycles. The molecular weight excluding hydrogens is 358 g/mol. The van der Waals surface area contributed by atoms with Crippen molar-refractivity contribution in [1.29, 1.82) is 5.26 Å². The van der Waals surface area contributed by atoms with Crippen molar-refractivity contribution in [1.82, 2.24) is 10.6 Å². The smallest absolute Gasteiger partial charge is 0.287 e. The van der Waals surface area contributed by atoms with Crippen molar-refractivity contribution < 1.29 is 22.4 Å². The van der Waals surface area contributed by atoms with Crippen molar-refractivity contribution in [3.63, 3.8) is 0 Å². The third-order valence-corrected chi connectivity index (χ3v) is 4.97. The van der Waals surface area contributed by atoms with Gasteiger partial charge >= 0.3 is 0 Å². The van der Waals surface area contributed by atoms with Crippen LogP contribution in [0.4, 0.5) is 0 Å². The van der Waals surface area contributed by atoms with Gasteiger partial charge in [0.2, 0.25) is 5.91 Å². The van der Waals surface area contributed by atoms with E-state index in [-0.39, 0.29) is 18.1 Å². The summed E-state index contributed by atoms with van der Waals surface area (Å²) in [6, 6.07) is 11.7. The summed E-state index contributed by atoms with van der Waals surface area (Å²) in [6.07, 6.45) is 1.28. The van der Waals surface area contributed by atoms with Crippen LogP contribution in [0.15, 0.2) is 53.1 Å². The minimum Gasteiger partial charge on any atom is -0.459 e. The number of amides is 2. The predicted octanol–water partition coefficient (Wildman–Crippen LogP) is 0.633. The fraction of sp³-hybridized carbons (Fsp3) is 0.235. The normalized spacial score (nSPS) is 12.0. The van der Waals surface area contributed by atoms with Crippen LogP contribution in [-0.2, 0) is 20.4 Å². The molecule has 0 aliphatic heterocycles. The van der Waals surface area contributed by atoms with E-state index in [1.165, 1.54) is 18.4 Å². The Bertz CT molecular complexity index is 886. The van der Waals surface area contributed by atoms with Crippen LogP contribution in [0.3, 0.4) is 0 Å². The van der Waals surface area contributed by atoms with E-state index in [2.05, 4.69) is 10.6 Å². The highest BCUT2D eigenvalue weighted by atomic mass is 32.2. The molecule has 0 aliphatic rings. The van der Waals surface area contributed by atoms with Crippen molar-refractivity contribution in [2.75, 3.05) is 12.3 Å². The van der Waals surface area contributed by atoms with Crippen LogP contribution < -0.4 is 10.6 Å². The van der Waals surface area contributed by atoms with Gasteiger partial charge in [-0.1, -0.05) is 30.3 Å². The summed E-state index contributed by atoms with van der Waals surface area (Å²) < 4.78 is 29.8. The Balaban J connectivity index is 2.13. The predicted molar refractivity (Wildman–Crippen MR) is 92.5 cm³/mol. The molecule has 1 aromatic heterocycles. The summed E-state index contributed by atoms with van der Waals surface area (Å²) in [5.74, 6) is -2.41. The molecule has 0 saturated carbocycles. The Morgan fingerprint density at radius 3 is 2.50 bits per heavy atom. The Kier molecular flexibility index (Phi) is 6.52. The van der Waals surface area contributed by atoms with Gasteiger partial charge in [0.05, 0.1) is 23.8 Å². The number of rotatable bonds is 8. The lowest BCUT2D eigenvalue weighted by Gasteiger charge is -2.17. The first-order valence-electron chi connectivity index (χ1n) is 7.64. The lowest BCUT2D eigenvalue weighted by Crippen LogP contribution is -2.50. The Morgan fingerprint density at radius 2 is 1.88 bits per heavy atom. The first kappa shape index (κ1) is 19.2. The van der Waals surface area contributed by atoms with E-state index >= 15 is 0 Å². The molecule has 1 aromatic carbocycles. The van der Waals surface area contributed by atoms with Crippen LogP contribution in [0.25, 0.3) is 0 Å². The van der Waals surface area contributed by atoms with E-state index in [0.29, 0.717) is 5.56 Å². The van der Waals surface area contributed by atoms with E-state index in [1.54, 1.807) is 36.4 Å². The van der Waals surface area contributed by atoms with E-state index < -0.39 is 33.4 Å². The van der Waals surface area contributed by atoms with E-state index in [0.717, 1.165) is 0 Å². The highest BCUT2D eigenvalue weighted by molar-refractivity contribution is 7.90. The zero-order valence-electron chi connectivity index (χ0n) is 13.7. The molecule has 0 saturated heterocycles. The van der Waals surface area contributed by atoms with Gasteiger partial charge in [-0.2, -0.15) is 5.26 Å². The molecule has 2 rings (SSSR count). The summed E-state index contributed by atoms with van der Waals surface area (Å²) >= 11 is 0. The van der Waals surface area contributed by atoms with Crippen LogP contribution in [0.1, 0.15) is 16.1 Å². The summed E-state index contributed by atoms with van der Waals surface area (Å²) in [7, 11) is -3.71. The monoisotopic (exact) mass is 375 g/mol. The molecule has 1 unspecified atom stereocenters. The Morgan fingerprint density at radius 1 is 1.15 bits per heavy atom. The van der Waals surface area contributed by atoms with Gasteiger partial charge in [-0.3, -0.25) is 9.59 Å². The number of nitrogens with one attached hydrogen (secondary N) is 2. The van der Waals surface area contributed by atoms with Crippen molar-refractivity contribution in [3.05, 3.63) is 60.1 Å². The first-order valence-corrected chi connectivity index (χ1v) is 9.47. The second kappa shape index (κ2) is 8.82. The molecule has 8 nitrogen and oxygen atoms in total. The maximum Gasteiger partial charge on any atom is 0.287 e. The maximum atomic E-state index is 12.4. The molecule has 2 N–H and O–H groups in total. The number of sulfone groups is 1. The van der Waals surface area contributed by atoms with Gasteiger partial charge in [-0.25, -0.2) is 8.42 Å². The lowest BCUT2D eigenvalue weighted by atomic mass is 10.2. The molecule has 26 heavy (non-hydrogen) atoms. The second-order valence-electron chi connectivity index (χ2n) is 5.42. The average molecular weight is 375 g/mol. The number of furan rings is 1. The molecule has 0 fully saturated rings. The summed E-state index contributed by atoms with van der Waals surface area (Å²) in [4.78, 5) is 24.3. The number of carbonyl (C=O) groups excluding carboxylic acids is 2. The Hall–Kier alpha value is -3.12. The SMILES string of the molecule is N#CCNC(=O)C(CS(=O)(=O)Cc1ccccc1)NC(=O)c1ccco1. The minimum atomic E-state index is -3.71. The van der Waals surface area contributed by atoms with Crippen LogP contribution in [0.2, 0.25) is 0 Å². The Labute approximate surface area is 150 Å². The van der Waals surface area contributed by atoms with Crippen molar-refractivity contribution in [3.8, 4) is 6.07 Å². The molecule has 136 valence electrons. The second-order valence-corrected chi connectivity index (χ2v) is 7.53. The van der Waals surface area contributed by atoms with Gasteiger partial charge in [0.1, 0.15) is 12.6 Å².